The van der Waals surface area contributed by atoms with Crippen LogP contribution in [0.2, 0.25) is 0 Å². The number of benzene rings is 3. The van der Waals surface area contributed by atoms with E-state index in [9.17, 15) is 0 Å². The van der Waals surface area contributed by atoms with Crippen molar-refractivity contribution in [2.75, 3.05) is 0 Å². The second kappa shape index (κ2) is 9.56. The lowest BCUT2D eigenvalue weighted by atomic mass is 10.1. The van der Waals surface area contributed by atoms with Crippen LogP contribution in [0.25, 0.3) is 11.2 Å². The van der Waals surface area contributed by atoms with Crippen molar-refractivity contribution in [1.82, 2.24) is 19.5 Å². The Morgan fingerprint density at radius 2 is 1.39 bits per heavy atom. The largest absolute Gasteiger partial charge is 0.496 e. The van der Waals surface area contributed by atoms with Gasteiger partial charge in [-0.05, 0) is 6.08 Å². The molecule has 1 unspecified atom stereocenters. The summed E-state index contributed by atoms with van der Waals surface area (Å²) in [5.41, 5.74) is 1.46. The number of rotatable bonds is 6. The lowest BCUT2D eigenvalue weighted by Crippen LogP contribution is -2.25. The van der Waals surface area contributed by atoms with Gasteiger partial charge in [-0.1, -0.05) is 97.9 Å². The number of ether oxygens (including phenoxy) is 1. The third kappa shape index (κ3) is 3.94. The molecule has 0 N–H and O–H groups in total. The monoisotopic (exact) mass is 491 g/mol. The van der Waals surface area contributed by atoms with Crippen LogP contribution in [0, 0.1) is 5.92 Å². The van der Waals surface area contributed by atoms with E-state index in [1.165, 1.54) is 0 Å². The fourth-order valence-corrected chi connectivity index (χ4v) is 8.17. The molecule has 0 bridgehead atoms. The Labute approximate surface area is 210 Å². The van der Waals surface area contributed by atoms with Gasteiger partial charge >= 0.3 is 0 Å². The van der Waals surface area contributed by atoms with Gasteiger partial charge in [0.1, 0.15) is 12.4 Å². The Kier molecular flexibility index (Phi) is 5.96. The number of nitrogens with zero attached hydrogens (tertiary/aromatic N) is 5. The third-order valence-corrected chi connectivity index (χ3v) is 10.2. The Morgan fingerprint density at radius 3 is 1.92 bits per heavy atom. The highest BCUT2D eigenvalue weighted by molar-refractivity contribution is 7.87. The molecule has 6 nitrogen and oxygen atoms in total. The van der Waals surface area contributed by atoms with Crippen molar-refractivity contribution in [3.05, 3.63) is 116 Å². The van der Waals surface area contributed by atoms with Crippen LogP contribution >= 0.6 is 7.05 Å². The summed E-state index contributed by atoms with van der Waals surface area (Å²) in [5.74, 6) is 0.934. The van der Waals surface area contributed by atoms with Crippen LogP contribution in [-0.2, 0) is 11.3 Å². The first-order chi connectivity index (χ1) is 17.8. The maximum absolute atomic E-state index is 5.78. The molecule has 0 spiro atoms. The van der Waals surface area contributed by atoms with E-state index in [0.29, 0.717) is 23.8 Å². The topological polar surface area (TPSA) is 65.2 Å². The molecule has 5 aromatic rings. The molecule has 0 amide bonds. The number of hydrogen-bond acceptors (Lipinski definition) is 5. The van der Waals surface area contributed by atoms with Gasteiger partial charge in [0.05, 0.1) is 26.2 Å². The molecule has 0 saturated heterocycles. The van der Waals surface area contributed by atoms with Crippen LogP contribution in [0.3, 0.4) is 0 Å². The first kappa shape index (κ1) is 22.4. The van der Waals surface area contributed by atoms with Gasteiger partial charge in [-0.25, -0.2) is 19.7 Å². The second-order valence-corrected chi connectivity index (χ2v) is 11.9. The number of fused-ring (bicyclic) bond motifs is 1. The maximum Gasteiger partial charge on any atom is 0.183 e. The fraction of sp³-hybridized carbons (Fsp3) is 0.138. The van der Waals surface area contributed by atoms with Crippen LogP contribution < -0.4 is 15.9 Å². The summed E-state index contributed by atoms with van der Waals surface area (Å²) in [4.78, 5) is 14.0. The number of imidazole rings is 1. The molecule has 7 heteroatoms. The van der Waals surface area contributed by atoms with Gasteiger partial charge in [0, 0.05) is 21.8 Å². The predicted octanol–water partition coefficient (Wildman–Crippen LogP) is 5.18. The quantitative estimate of drug-likeness (QED) is 0.307. The molecule has 36 heavy (non-hydrogen) atoms. The van der Waals surface area contributed by atoms with E-state index >= 15 is 0 Å². The van der Waals surface area contributed by atoms with E-state index in [4.69, 9.17) is 14.5 Å². The van der Waals surface area contributed by atoms with E-state index in [1.807, 2.05) is 29.1 Å². The van der Waals surface area contributed by atoms with E-state index in [1.54, 1.807) is 12.6 Å². The van der Waals surface area contributed by atoms with Crippen molar-refractivity contribution >= 4 is 39.9 Å². The fourth-order valence-electron chi connectivity index (χ4n) is 4.69. The van der Waals surface area contributed by atoms with E-state index < -0.39 is 7.05 Å². The van der Waals surface area contributed by atoms with E-state index in [2.05, 4.69) is 95.8 Å². The van der Waals surface area contributed by atoms with Gasteiger partial charge < -0.3 is 9.30 Å². The molecule has 0 saturated carbocycles. The first-order valence-corrected chi connectivity index (χ1v) is 13.8. The number of aromatic nitrogens is 4. The first-order valence-electron chi connectivity index (χ1n) is 12.0. The van der Waals surface area contributed by atoms with E-state index in [0.717, 1.165) is 21.6 Å². The highest BCUT2D eigenvalue weighted by Gasteiger charge is 2.29. The zero-order valence-electron chi connectivity index (χ0n) is 19.9. The normalized spacial score (nSPS) is 17.2. The molecule has 6 rings (SSSR count). The molecular weight excluding hydrogens is 465 g/mol. The van der Waals surface area contributed by atoms with Crippen LogP contribution in [0.1, 0.15) is 6.92 Å². The van der Waals surface area contributed by atoms with Crippen molar-refractivity contribution < 1.29 is 4.74 Å². The summed E-state index contributed by atoms with van der Waals surface area (Å²) in [6, 6.07) is 31.6. The lowest BCUT2D eigenvalue weighted by Gasteiger charge is -2.26. The summed E-state index contributed by atoms with van der Waals surface area (Å²) >= 11 is 0. The van der Waals surface area contributed by atoms with Crippen molar-refractivity contribution in [3.63, 3.8) is 0 Å². The summed E-state index contributed by atoms with van der Waals surface area (Å²) in [7, 11) is -2.46. The van der Waals surface area contributed by atoms with Crippen LogP contribution in [0.5, 0.6) is 0 Å². The predicted molar refractivity (Wildman–Crippen MR) is 146 cm³/mol. The van der Waals surface area contributed by atoms with Gasteiger partial charge in [0.25, 0.3) is 0 Å². The Hall–Kier alpha value is -4.02. The summed E-state index contributed by atoms with van der Waals surface area (Å²) in [6.45, 7) is 2.82. The molecular formula is C29H26N5OP. The Bertz CT molecular complexity index is 1460. The molecule has 1 aliphatic rings. The summed E-state index contributed by atoms with van der Waals surface area (Å²) in [5, 5.41) is 3.48. The summed E-state index contributed by atoms with van der Waals surface area (Å²) in [6.07, 6.45) is 7.33. The second-order valence-electron chi connectivity index (χ2n) is 8.87. The average Bonchev–Trinajstić information content (AvgIpc) is 3.55. The van der Waals surface area contributed by atoms with E-state index in [-0.39, 0.29) is 6.10 Å². The molecule has 1 aliphatic heterocycles. The highest BCUT2D eigenvalue weighted by Crippen LogP contribution is 2.49. The molecule has 3 aromatic carbocycles. The molecule has 3 heterocycles. The smallest absolute Gasteiger partial charge is 0.183 e. The molecule has 2 atom stereocenters. The lowest BCUT2D eigenvalue weighted by molar-refractivity contribution is 0.123. The van der Waals surface area contributed by atoms with Crippen molar-refractivity contribution in [2.24, 2.45) is 10.7 Å². The van der Waals surface area contributed by atoms with Gasteiger partial charge in [-0.3, -0.25) is 0 Å². The van der Waals surface area contributed by atoms with Crippen LogP contribution in [0.4, 0.5) is 5.82 Å². The van der Waals surface area contributed by atoms with Crippen LogP contribution in [0.15, 0.2) is 121 Å². The molecule has 0 radical (unpaired) electrons. The van der Waals surface area contributed by atoms with Gasteiger partial charge in [0.15, 0.2) is 17.0 Å². The van der Waals surface area contributed by atoms with Gasteiger partial charge in [0.2, 0.25) is 0 Å². The maximum atomic E-state index is 5.78. The summed E-state index contributed by atoms with van der Waals surface area (Å²) < 4.78 is 13.4. The minimum atomic E-state index is -2.46. The zero-order chi connectivity index (χ0) is 24.4. The van der Waals surface area contributed by atoms with Crippen molar-refractivity contribution in [1.29, 1.82) is 0 Å². The zero-order valence-corrected chi connectivity index (χ0v) is 20.8. The van der Waals surface area contributed by atoms with Gasteiger partial charge in [-0.2, -0.15) is 0 Å². The van der Waals surface area contributed by atoms with Crippen molar-refractivity contribution in [3.8, 4) is 0 Å². The van der Waals surface area contributed by atoms with Crippen molar-refractivity contribution in [2.45, 2.75) is 19.6 Å². The third-order valence-electron chi connectivity index (χ3n) is 6.61. The highest BCUT2D eigenvalue weighted by atomic mass is 31.2. The van der Waals surface area contributed by atoms with Crippen LogP contribution in [-0.4, -0.2) is 25.6 Å². The Balaban J connectivity index is 1.60. The molecule has 0 aliphatic carbocycles. The standard InChI is InChI=1S/C29H26N5OP/c1-22-17-18-35-26(22)19-34-21-32-27-28(30-20-31-29(27)34)33-36(23-11-5-2-6-12-23,24-13-7-3-8-14-24)25-15-9-4-10-16-25/h2-18,20-22,26H,19H2,1H3/t22-,26?/m0/s1. The molecule has 0 fully saturated rings. The minimum Gasteiger partial charge on any atom is -0.496 e. The Morgan fingerprint density at radius 1 is 0.806 bits per heavy atom. The number of hydrogen-bond donors (Lipinski definition) is 0. The average molecular weight is 492 g/mol. The SMILES string of the molecule is C[C@H]1C=COC1Cn1cnc2c(N=P(c3ccccc3)(c3ccccc3)c3ccccc3)ncnc21. The minimum absolute atomic E-state index is 0.0577. The molecule has 2 aromatic heterocycles. The molecule has 178 valence electrons. The van der Waals surface area contributed by atoms with Gasteiger partial charge in [-0.15, -0.1) is 0 Å².